The lowest BCUT2D eigenvalue weighted by Gasteiger charge is -2.36. The van der Waals surface area contributed by atoms with Gasteiger partial charge in [-0.25, -0.2) is 0 Å². The first kappa shape index (κ1) is 19.3. The van der Waals surface area contributed by atoms with E-state index in [0.717, 1.165) is 50.1 Å². The van der Waals surface area contributed by atoms with Crippen molar-refractivity contribution in [2.45, 2.75) is 38.5 Å². The van der Waals surface area contributed by atoms with Gasteiger partial charge in [-0.15, -0.1) is 0 Å². The summed E-state index contributed by atoms with van der Waals surface area (Å²) in [6.45, 7) is 4.16. The third-order valence-electron chi connectivity index (χ3n) is 5.79. The maximum atomic E-state index is 6.32. The first-order chi connectivity index (χ1) is 14.3. The molecule has 0 saturated carbocycles. The van der Waals surface area contributed by atoms with Crippen LogP contribution in [0.5, 0.6) is 0 Å². The number of aromatic nitrogens is 1. The molecule has 0 amide bonds. The number of hydrogen-bond acceptors (Lipinski definition) is 4. The second-order valence-electron chi connectivity index (χ2n) is 7.77. The van der Waals surface area contributed by atoms with Crippen LogP contribution in [0.3, 0.4) is 0 Å². The molecular weight excluding hydrogens is 356 g/mol. The minimum Gasteiger partial charge on any atom is -0.396 e. The molecule has 4 heteroatoms. The third-order valence-corrected chi connectivity index (χ3v) is 5.79. The van der Waals surface area contributed by atoms with Crippen LogP contribution < -0.4 is 15.8 Å². The number of para-hydroxylation sites is 1. The number of unbranched alkanes of at least 4 members (excludes halogenated alkanes) is 1. The molecule has 1 aliphatic heterocycles. The number of aryl methyl sites for hydroxylation is 1. The van der Waals surface area contributed by atoms with Crippen LogP contribution >= 0.6 is 0 Å². The summed E-state index contributed by atoms with van der Waals surface area (Å²) in [7, 11) is 0. The smallest absolute Gasteiger partial charge is 0.0834 e. The summed E-state index contributed by atoms with van der Waals surface area (Å²) in [6, 6.07) is 21.7. The fraction of sp³-hybridized carbons (Fsp3) is 0.320. The van der Waals surface area contributed by atoms with Crippen molar-refractivity contribution in [1.29, 1.82) is 0 Å². The summed E-state index contributed by atoms with van der Waals surface area (Å²) in [5.74, 6) is 0.513. The van der Waals surface area contributed by atoms with Crippen LogP contribution in [0, 0.1) is 0 Å². The average Bonchev–Trinajstić information content (AvgIpc) is 3.13. The summed E-state index contributed by atoms with van der Waals surface area (Å²) in [6.07, 6.45) is 8.09. The number of fused-ring (bicyclic) bond motifs is 1. The molecule has 4 rings (SSSR count). The number of anilines is 3. The Morgan fingerprint density at radius 1 is 1.07 bits per heavy atom. The van der Waals surface area contributed by atoms with Crippen molar-refractivity contribution in [3.05, 3.63) is 84.2 Å². The van der Waals surface area contributed by atoms with E-state index in [1.165, 1.54) is 16.8 Å². The maximum Gasteiger partial charge on any atom is 0.0834 e. The number of pyridine rings is 1. The Bertz CT molecular complexity index is 925. The van der Waals surface area contributed by atoms with Gasteiger partial charge in [-0.1, -0.05) is 61.9 Å². The van der Waals surface area contributed by atoms with Gasteiger partial charge in [0, 0.05) is 25.2 Å². The highest BCUT2D eigenvalue weighted by Gasteiger charge is 2.32. The quantitative estimate of drug-likeness (QED) is 0.561. The van der Waals surface area contributed by atoms with E-state index in [1.54, 1.807) is 6.20 Å². The van der Waals surface area contributed by atoms with Crippen LogP contribution in [0.25, 0.3) is 0 Å². The van der Waals surface area contributed by atoms with Crippen molar-refractivity contribution in [3.63, 3.8) is 0 Å². The van der Waals surface area contributed by atoms with Crippen LogP contribution in [0.4, 0.5) is 17.1 Å². The lowest BCUT2D eigenvalue weighted by Crippen LogP contribution is -2.43. The van der Waals surface area contributed by atoms with E-state index in [9.17, 15) is 0 Å². The lowest BCUT2D eigenvalue weighted by molar-refractivity contribution is 0.610. The van der Waals surface area contributed by atoms with E-state index in [-0.39, 0.29) is 0 Å². The van der Waals surface area contributed by atoms with Gasteiger partial charge in [-0.3, -0.25) is 15.0 Å². The first-order valence-corrected chi connectivity index (χ1v) is 10.6. The van der Waals surface area contributed by atoms with E-state index in [4.69, 9.17) is 5.73 Å². The summed E-state index contributed by atoms with van der Waals surface area (Å²) in [4.78, 5) is 4.19. The van der Waals surface area contributed by atoms with Gasteiger partial charge in [0.1, 0.15) is 0 Å². The Balaban J connectivity index is 1.61. The zero-order valence-corrected chi connectivity index (χ0v) is 17.2. The van der Waals surface area contributed by atoms with Gasteiger partial charge in [0.15, 0.2) is 0 Å². The van der Waals surface area contributed by atoms with Gasteiger partial charge in [0.05, 0.1) is 23.3 Å². The van der Waals surface area contributed by atoms with E-state index in [1.807, 2.05) is 12.3 Å². The fourth-order valence-corrected chi connectivity index (χ4v) is 4.25. The summed E-state index contributed by atoms with van der Waals surface area (Å²) < 4.78 is 0. The zero-order chi connectivity index (χ0) is 20.1. The SMILES string of the molecule is CCCCN(c1ccncc1N)N1CC(CCc2ccccc2)c2ccccc21. The van der Waals surface area contributed by atoms with Gasteiger partial charge in [-0.05, 0) is 42.5 Å². The predicted octanol–water partition coefficient (Wildman–Crippen LogP) is 5.42. The van der Waals surface area contributed by atoms with Gasteiger partial charge in [0.25, 0.3) is 0 Å². The Morgan fingerprint density at radius 2 is 1.86 bits per heavy atom. The van der Waals surface area contributed by atoms with E-state index >= 15 is 0 Å². The molecule has 0 aliphatic carbocycles. The summed E-state index contributed by atoms with van der Waals surface area (Å²) in [5.41, 5.74) is 12.3. The Labute approximate surface area is 174 Å². The zero-order valence-electron chi connectivity index (χ0n) is 17.2. The molecule has 1 aliphatic rings. The number of benzene rings is 2. The molecule has 0 fully saturated rings. The van der Waals surface area contributed by atoms with Crippen molar-refractivity contribution in [2.24, 2.45) is 0 Å². The summed E-state index contributed by atoms with van der Waals surface area (Å²) in [5, 5.41) is 4.80. The highest BCUT2D eigenvalue weighted by Crippen LogP contribution is 2.41. The number of rotatable bonds is 8. The van der Waals surface area contributed by atoms with Crippen molar-refractivity contribution < 1.29 is 0 Å². The molecule has 4 nitrogen and oxygen atoms in total. The predicted molar refractivity (Wildman–Crippen MR) is 122 cm³/mol. The van der Waals surface area contributed by atoms with Crippen LogP contribution in [0.2, 0.25) is 0 Å². The van der Waals surface area contributed by atoms with E-state index in [0.29, 0.717) is 5.92 Å². The van der Waals surface area contributed by atoms with Gasteiger partial charge >= 0.3 is 0 Å². The average molecular weight is 387 g/mol. The molecule has 1 atom stereocenters. The van der Waals surface area contributed by atoms with Crippen molar-refractivity contribution in [1.82, 2.24) is 4.98 Å². The molecule has 150 valence electrons. The highest BCUT2D eigenvalue weighted by atomic mass is 15.6. The molecule has 0 spiro atoms. The van der Waals surface area contributed by atoms with Crippen molar-refractivity contribution in [3.8, 4) is 0 Å². The van der Waals surface area contributed by atoms with E-state index < -0.39 is 0 Å². The van der Waals surface area contributed by atoms with Crippen molar-refractivity contribution in [2.75, 3.05) is 28.8 Å². The molecule has 0 bridgehead atoms. The number of hydrazine groups is 1. The minimum absolute atomic E-state index is 0.513. The topological polar surface area (TPSA) is 45.4 Å². The lowest BCUT2D eigenvalue weighted by atomic mass is 9.94. The molecule has 3 aromatic rings. The van der Waals surface area contributed by atoms with Gasteiger partial charge in [0.2, 0.25) is 0 Å². The Kier molecular flexibility index (Phi) is 5.99. The molecule has 0 radical (unpaired) electrons. The minimum atomic E-state index is 0.513. The Morgan fingerprint density at radius 3 is 2.66 bits per heavy atom. The number of nitrogens with two attached hydrogens (primary N) is 1. The second kappa shape index (κ2) is 8.99. The Hall–Kier alpha value is -3.01. The molecule has 1 unspecified atom stereocenters. The third kappa shape index (κ3) is 4.21. The standard InChI is InChI=1S/C25H30N4/c1-2-3-17-28(25-15-16-27-18-23(25)26)29-19-21(22-11-7-8-12-24(22)29)14-13-20-9-5-4-6-10-20/h4-12,15-16,18,21H,2-3,13-14,17,19,26H2,1H3. The van der Waals surface area contributed by atoms with E-state index in [2.05, 4.69) is 76.5 Å². The normalized spacial score (nSPS) is 15.3. The van der Waals surface area contributed by atoms with Crippen molar-refractivity contribution >= 4 is 17.1 Å². The fourth-order valence-electron chi connectivity index (χ4n) is 4.25. The number of nitrogens with zero attached hydrogens (tertiary/aromatic N) is 3. The molecular formula is C25H30N4. The molecule has 1 aromatic heterocycles. The monoisotopic (exact) mass is 386 g/mol. The molecule has 2 aromatic carbocycles. The van der Waals surface area contributed by atoms with Crippen LogP contribution in [-0.4, -0.2) is 18.1 Å². The van der Waals surface area contributed by atoms with Crippen LogP contribution in [0.15, 0.2) is 73.1 Å². The van der Waals surface area contributed by atoms with Gasteiger partial charge in [-0.2, -0.15) is 0 Å². The molecule has 2 N–H and O–H groups in total. The van der Waals surface area contributed by atoms with Gasteiger partial charge < -0.3 is 5.73 Å². The number of hydrogen-bond donors (Lipinski definition) is 1. The molecule has 0 saturated heterocycles. The molecule has 29 heavy (non-hydrogen) atoms. The highest BCUT2D eigenvalue weighted by molar-refractivity contribution is 5.72. The largest absolute Gasteiger partial charge is 0.396 e. The second-order valence-corrected chi connectivity index (χ2v) is 7.77. The van der Waals surface area contributed by atoms with Crippen LogP contribution in [-0.2, 0) is 6.42 Å². The number of nitrogen functional groups attached to an aromatic ring is 1. The van der Waals surface area contributed by atoms with Crippen LogP contribution in [0.1, 0.15) is 43.2 Å². The maximum absolute atomic E-state index is 6.32. The first-order valence-electron chi connectivity index (χ1n) is 10.6. The molecule has 2 heterocycles. The summed E-state index contributed by atoms with van der Waals surface area (Å²) >= 11 is 0.